The van der Waals surface area contributed by atoms with Gasteiger partial charge in [0.15, 0.2) is 0 Å². The van der Waals surface area contributed by atoms with Crippen LogP contribution < -0.4 is 10.2 Å². The van der Waals surface area contributed by atoms with Crippen LogP contribution in [0.5, 0.6) is 5.75 Å². The maximum atomic E-state index is 12.5. The van der Waals surface area contributed by atoms with Gasteiger partial charge in [-0.3, -0.25) is 9.59 Å². The molecule has 2 aromatic rings. The molecule has 0 aliphatic carbocycles. The number of anilines is 2. The van der Waals surface area contributed by atoms with Crippen LogP contribution in [0.1, 0.15) is 15.9 Å². The Hall–Kier alpha value is -2.82. The number of carbonyl (C=O) groups excluding carboxylic acids is 2. The average molecular weight is 282 g/mol. The summed E-state index contributed by atoms with van der Waals surface area (Å²) in [7, 11) is 1.65. The molecular formula is C16H14N2O3. The van der Waals surface area contributed by atoms with Crippen molar-refractivity contribution in [3.63, 3.8) is 0 Å². The van der Waals surface area contributed by atoms with Crippen molar-refractivity contribution in [3.8, 4) is 5.75 Å². The van der Waals surface area contributed by atoms with Crippen LogP contribution in [0.4, 0.5) is 11.4 Å². The fourth-order valence-corrected chi connectivity index (χ4v) is 2.37. The summed E-state index contributed by atoms with van der Waals surface area (Å²) >= 11 is 0. The SMILES string of the molecule is CN(C(=O)c1ccc2c(c1)CC(=O)N2)c1cccc(O)c1. The zero-order valence-electron chi connectivity index (χ0n) is 11.5. The molecule has 1 aliphatic heterocycles. The maximum absolute atomic E-state index is 12.5. The molecule has 0 spiro atoms. The Labute approximate surface area is 121 Å². The van der Waals surface area contributed by atoms with Gasteiger partial charge in [0.2, 0.25) is 5.91 Å². The summed E-state index contributed by atoms with van der Waals surface area (Å²) in [5.74, 6) is -0.144. The second kappa shape index (κ2) is 4.94. The van der Waals surface area contributed by atoms with Gasteiger partial charge in [0.05, 0.1) is 6.42 Å². The van der Waals surface area contributed by atoms with Crippen LogP contribution in [0, 0.1) is 0 Å². The summed E-state index contributed by atoms with van der Waals surface area (Å²) in [6.45, 7) is 0. The van der Waals surface area contributed by atoms with E-state index < -0.39 is 0 Å². The van der Waals surface area contributed by atoms with Crippen molar-refractivity contribution < 1.29 is 14.7 Å². The van der Waals surface area contributed by atoms with Gasteiger partial charge in [-0.25, -0.2) is 0 Å². The van der Waals surface area contributed by atoms with Crippen molar-refractivity contribution in [2.24, 2.45) is 0 Å². The van der Waals surface area contributed by atoms with Crippen LogP contribution >= 0.6 is 0 Å². The van der Waals surface area contributed by atoms with Gasteiger partial charge in [0.25, 0.3) is 5.91 Å². The second-order valence-corrected chi connectivity index (χ2v) is 4.98. The Morgan fingerprint density at radius 2 is 2.05 bits per heavy atom. The normalized spacial score (nSPS) is 12.7. The number of aromatic hydroxyl groups is 1. The van der Waals surface area contributed by atoms with Crippen LogP contribution in [0.25, 0.3) is 0 Å². The van der Waals surface area contributed by atoms with E-state index in [0.29, 0.717) is 17.7 Å². The molecule has 21 heavy (non-hydrogen) atoms. The second-order valence-electron chi connectivity index (χ2n) is 4.98. The molecule has 0 saturated carbocycles. The lowest BCUT2D eigenvalue weighted by molar-refractivity contribution is -0.115. The molecule has 0 fully saturated rings. The largest absolute Gasteiger partial charge is 0.508 e. The highest BCUT2D eigenvalue weighted by molar-refractivity contribution is 6.07. The number of benzene rings is 2. The molecular weight excluding hydrogens is 268 g/mol. The molecule has 1 heterocycles. The first-order valence-electron chi connectivity index (χ1n) is 6.54. The minimum Gasteiger partial charge on any atom is -0.508 e. The standard InChI is InChI=1S/C16H14N2O3/c1-18(12-3-2-4-13(19)9-12)16(21)10-5-6-14-11(7-10)8-15(20)17-14/h2-7,9,19H,8H2,1H3,(H,17,20). The zero-order valence-corrected chi connectivity index (χ0v) is 11.5. The molecule has 106 valence electrons. The van der Waals surface area contributed by atoms with Crippen molar-refractivity contribution in [1.29, 1.82) is 0 Å². The van der Waals surface area contributed by atoms with Crippen molar-refractivity contribution >= 4 is 23.2 Å². The maximum Gasteiger partial charge on any atom is 0.258 e. The van der Waals surface area contributed by atoms with E-state index in [2.05, 4.69) is 5.32 Å². The Balaban J connectivity index is 1.89. The number of nitrogens with zero attached hydrogens (tertiary/aromatic N) is 1. The van der Waals surface area contributed by atoms with E-state index in [1.807, 2.05) is 0 Å². The van der Waals surface area contributed by atoms with Gasteiger partial charge in [-0.1, -0.05) is 6.07 Å². The molecule has 5 nitrogen and oxygen atoms in total. The number of phenolic OH excluding ortho intramolecular Hbond substituents is 1. The van der Waals surface area contributed by atoms with Crippen LogP contribution in [-0.2, 0) is 11.2 Å². The predicted octanol–water partition coefficient (Wildman–Crippen LogP) is 2.16. The summed E-state index contributed by atoms with van der Waals surface area (Å²) in [5.41, 5.74) is 2.71. The molecule has 0 saturated heterocycles. The van der Waals surface area contributed by atoms with Gasteiger partial charge in [0, 0.05) is 30.1 Å². The van der Waals surface area contributed by atoms with Crippen molar-refractivity contribution in [2.75, 3.05) is 17.3 Å². The molecule has 2 aromatic carbocycles. The molecule has 0 aromatic heterocycles. The van der Waals surface area contributed by atoms with Crippen LogP contribution in [0.2, 0.25) is 0 Å². The third-order valence-electron chi connectivity index (χ3n) is 3.50. The van der Waals surface area contributed by atoms with Crippen molar-refractivity contribution in [1.82, 2.24) is 0 Å². The predicted molar refractivity (Wildman–Crippen MR) is 79.6 cm³/mol. The average Bonchev–Trinajstić information content (AvgIpc) is 2.84. The zero-order chi connectivity index (χ0) is 15.0. The van der Waals surface area contributed by atoms with Crippen LogP contribution in [0.15, 0.2) is 42.5 Å². The van der Waals surface area contributed by atoms with Crippen LogP contribution in [0.3, 0.4) is 0 Å². The summed E-state index contributed by atoms with van der Waals surface area (Å²) in [6, 6.07) is 11.7. The van der Waals surface area contributed by atoms with Gasteiger partial charge in [-0.05, 0) is 35.9 Å². The quantitative estimate of drug-likeness (QED) is 0.886. The first-order valence-corrected chi connectivity index (χ1v) is 6.54. The summed E-state index contributed by atoms with van der Waals surface area (Å²) in [5, 5.41) is 12.2. The lowest BCUT2D eigenvalue weighted by Gasteiger charge is -2.18. The Morgan fingerprint density at radius 3 is 2.81 bits per heavy atom. The van der Waals surface area contributed by atoms with Gasteiger partial charge >= 0.3 is 0 Å². The Kier molecular flexibility index (Phi) is 3.10. The molecule has 1 aliphatic rings. The third kappa shape index (κ3) is 2.45. The molecule has 2 N–H and O–H groups in total. The number of hydrogen-bond donors (Lipinski definition) is 2. The van der Waals surface area contributed by atoms with E-state index in [1.54, 1.807) is 43.4 Å². The topological polar surface area (TPSA) is 69.6 Å². The van der Waals surface area contributed by atoms with E-state index in [9.17, 15) is 14.7 Å². The van der Waals surface area contributed by atoms with Gasteiger partial charge in [0.1, 0.15) is 5.75 Å². The number of amides is 2. The highest BCUT2D eigenvalue weighted by Crippen LogP contribution is 2.26. The molecule has 3 rings (SSSR count). The lowest BCUT2D eigenvalue weighted by atomic mass is 10.1. The molecule has 0 unspecified atom stereocenters. The fourth-order valence-electron chi connectivity index (χ4n) is 2.37. The molecule has 2 amide bonds. The highest BCUT2D eigenvalue weighted by Gasteiger charge is 2.21. The Morgan fingerprint density at radius 1 is 1.24 bits per heavy atom. The van der Waals surface area contributed by atoms with E-state index in [1.165, 1.54) is 11.0 Å². The third-order valence-corrected chi connectivity index (χ3v) is 3.50. The smallest absolute Gasteiger partial charge is 0.258 e. The van der Waals surface area contributed by atoms with Crippen molar-refractivity contribution in [3.05, 3.63) is 53.6 Å². The van der Waals surface area contributed by atoms with E-state index in [-0.39, 0.29) is 17.6 Å². The first kappa shape index (κ1) is 13.2. The lowest BCUT2D eigenvalue weighted by Crippen LogP contribution is -2.26. The summed E-state index contributed by atoms with van der Waals surface area (Å²) in [6.07, 6.45) is 0.298. The molecule has 5 heteroatoms. The number of rotatable bonds is 2. The molecule has 0 bridgehead atoms. The summed E-state index contributed by atoms with van der Waals surface area (Å²) in [4.78, 5) is 25.3. The molecule has 0 radical (unpaired) electrons. The van der Waals surface area contributed by atoms with Crippen LogP contribution in [-0.4, -0.2) is 24.0 Å². The monoisotopic (exact) mass is 282 g/mol. The summed E-state index contributed by atoms with van der Waals surface area (Å²) < 4.78 is 0. The minimum atomic E-state index is -0.192. The number of carbonyl (C=O) groups is 2. The highest BCUT2D eigenvalue weighted by atomic mass is 16.3. The van der Waals surface area contributed by atoms with Gasteiger partial charge < -0.3 is 15.3 Å². The van der Waals surface area contributed by atoms with E-state index in [0.717, 1.165) is 11.3 Å². The van der Waals surface area contributed by atoms with E-state index in [4.69, 9.17) is 0 Å². The number of hydrogen-bond acceptors (Lipinski definition) is 3. The first-order chi connectivity index (χ1) is 10.0. The number of nitrogens with one attached hydrogen (secondary N) is 1. The van der Waals surface area contributed by atoms with Crippen molar-refractivity contribution in [2.45, 2.75) is 6.42 Å². The fraction of sp³-hybridized carbons (Fsp3) is 0.125. The number of phenols is 1. The minimum absolute atomic E-state index is 0.0593. The molecule has 0 atom stereocenters. The Bertz CT molecular complexity index is 740. The van der Waals surface area contributed by atoms with Gasteiger partial charge in [-0.15, -0.1) is 0 Å². The van der Waals surface area contributed by atoms with E-state index >= 15 is 0 Å². The number of fused-ring (bicyclic) bond motifs is 1. The van der Waals surface area contributed by atoms with Gasteiger partial charge in [-0.2, -0.15) is 0 Å².